The third kappa shape index (κ3) is 5.38. The van der Waals surface area contributed by atoms with Crippen LogP contribution in [-0.2, 0) is 15.3 Å². The summed E-state index contributed by atoms with van der Waals surface area (Å²) in [6.07, 6.45) is 2.00. The Hall–Kier alpha value is -1.40. The minimum absolute atomic E-state index is 0.451. The van der Waals surface area contributed by atoms with Crippen molar-refractivity contribution in [3.05, 3.63) is 71.3 Å². The van der Waals surface area contributed by atoms with Gasteiger partial charge in [0.1, 0.15) is 0 Å². The van der Waals surface area contributed by atoms with Gasteiger partial charge in [-0.1, -0.05) is 0 Å². The van der Waals surface area contributed by atoms with Gasteiger partial charge in [-0.15, -0.1) is 0 Å². The van der Waals surface area contributed by atoms with E-state index in [2.05, 4.69) is 108 Å². The molecule has 0 N–H and O–H groups in total. The van der Waals surface area contributed by atoms with Crippen LogP contribution < -0.4 is 9.80 Å². The molecule has 1 aliphatic rings. The summed E-state index contributed by atoms with van der Waals surface area (Å²) in [4.78, 5) is 5.95. The van der Waals surface area contributed by atoms with Crippen LogP contribution in [0.5, 0.6) is 0 Å². The number of benzene rings is 2. The molecule has 1 fully saturated rings. The van der Waals surface area contributed by atoms with Crippen molar-refractivity contribution < 1.29 is 15.3 Å². The predicted octanol–water partition coefficient (Wildman–Crippen LogP) is 8.97. The SMILES string of the molecule is C=C[CH2][Pd]([Cl])=[C]1N(c2cccc(C(C)C)c2C(C)C)CCN1c1cccc(C(C)C)c1C(C)C. The van der Waals surface area contributed by atoms with E-state index in [1.165, 1.54) is 37.9 Å². The van der Waals surface area contributed by atoms with Crippen LogP contribution >= 0.6 is 9.53 Å². The molecule has 0 aliphatic carbocycles. The van der Waals surface area contributed by atoms with Crippen LogP contribution in [0, 0.1) is 0 Å². The van der Waals surface area contributed by atoms with Crippen molar-refractivity contribution >= 4 is 25.1 Å². The van der Waals surface area contributed by atoms with Gasteiger partial charge in [-0.2, -0.15) is 0 Å². The Morgan fingerprint density at radius 3 is 1.50 bits per heavy atom. The molecule has 0 atom stereocenters. The van der Waals surface area contributed by atoms with E-state index in [0.29, 0.717) is 23.7 Å². The third-order valence-electron chi connectivity index (χ3n) is 6.53. The fourth-order valence-electron chi connectivity index (χ4n) is 5.14. The van der Waals surface area contributed by atoms with E-state index < -0.39 is 15.3 Å². The van der Waals surface area contributed by atoms with Crippen LogP contribution in [0.2, 0.25) is 4.89 Å². The maximum absolute atomic E-state index is 7.27. The topological polar surface area (TPSA) is 6.48 Å². The molecule has 3 rings (SSSR count). The summed E-state index contributed by atoms with van der Waals surface area (Å²) in [5.41, 5.74) is 8.49. The van der Waals surface area contributed by atoms with Crippen molar-refractivity contribution in [2.45, 2.75) is 84.0 Å². The first-order valence-electron chi connectivity index (χ1n) is 12.6. The van der Waals surface area contributed by atoms with Gasteiger partial charge in [-0.3, -0.25) is 0 Å². The van der Waals surface area contributed by atoms with Crippen molar-refractivity contribution in [3.8, 4) is 0 Å². The normalized spacial score (nSPS) is 14.9. The second-order valence-corrected chi connectivity index (χ2v) is 14.7. The van der Waals surface area contributed by atoms with Gasteiger partial charge in [0.2, 0.25) is 0 Å². The number of halogens is 1. The zero-order chi connectivity index (χ0) is 25.2. The summed E-state index contributed by atoms with van der Waals surface area (Å²) >= 11 is -1.51. The van der Waals surface area contributed by atoms with Gasteiger partial charge in [0.05, 0.1) is 0 Å². The maximum atomic E-state index is 7.27. The molecule has 0 aromatic heterocycles. The summed E-state index contributed by atoms with van der Waals surface area (Å²) < 4.78 is 1.30. The van der Waals surface area contributed by atoms with Crippen molar-refractivity contribution in [1.82, 2.24) is 0 Å². The Labute approximate surface area is 217 Å². The Kier molecular flexibility index (Phi) is 9.24. The van der Waals surface area contributed by atoms with Gasteiger partial charge in [-0.25, -0.2) is 0 Å². The number of anilines is 2. The Balaban J connectivity index is 2.24. The summed E-state index contributed by atoms with van der Waals surface area (Å²) in [6.45, 7) is 24.4. The van der Waals surface area contributed by atoms with Gasteiger partial charge in [0.15, 0.2) is 0 Å². The molecule has 0 amide bonds. The van der Waals surface area contributed by atoms with Gasteiger partial charge >= 0.3 is 219 Å². The van der Waals surface area contributed by atoms with Crippen molar-refractivity contribution in [2.24, 2.45) is 0 Å². The van der Waals surface area contributed by atoms with E-state index in [0.717, 1.165) is 18.0 Å². The molecular formula is C30H43ClN2Pd. The van der Waals surface area contributed by atoms with Crippen molar-refractivity contribution in [3.63, 3.8) is 0 Å². The molecule has 2 aromatic rings. The Morgan fingerprint density at radius 2 is 1.18 bits per heavy atom. The first kappa shape index (κ1) is 27.2. The van der Waals surface area contributed by atoms with E-state index >= 15 is 0 Å². The van der Waals surface area contributed by atoms with Crippen LogP contribution in [0.15, 0.2) is 49.1 Å². The molecule has 0 unspecified atom stereocenters. The summed E-state index contributed by atoms with van der Waals surface area (Å²) in [6, 6.07) is 13.7. The molecule has 1 aliphatic heterocycles. The summed E-state index contributed by atoms with van der Waals surface area (Å²) in [7, 11) is 7.27. The number of allylic oxidation sites excluding steroid dienone is 1. The van der Waals surface area contributed by atoms with Crippen LogP contribution in [-0.4, -0.2) is 17.3 Å². The fourth-order valence-corrected chi connectivity index (χ4v) is 8.62. The molecule has 2 nitrogen and oxygen atoms in total. The Morgan fingerprint density at radius 1 is 0.765 bits per heavy atom. The molecule has 1 saturated heterocycles. The average molecular weight is 574 g/mol. The second-order valence-electron chi connectivity index (χ2n) is 10.4. The molecule has 190 valence electrons. The van der Waals surface area contributed by atoms with Crippen molar-refractivity contribution in [2.75, 3.05) is 22.9 Å². The van der Waals surface area contributed by atoms with Crippen LogP contribution in [0.4, 0.5) is 11.4 Å². The predicted molar refractivity (Wildman–Crippen MR) is 150 cm³/mol. The number of rotatable bonds is 8. The van der Waals surface area contributed by atoms with Crippen LogP contribution in [0.3, 0.4) is 0 Å². The molecule has 0 radical (unpaired) electrons. The summed E-state index contributed by atoms with van der Waals surface area (Å²) in [5, 5.41) is 0. The quantitative estimate of drug-likeness (QED) is 0.230. The molecule has 2 aromatic carbocycles. The van der Waals surface area contributed by atoms with Crippen LogP contribution in [0.1, 0.15) is 101 Å². The van der Waals surface area contributed by atoms with E-state index in [9.17, 15) is 0 Å². The average Bonchev–Trinajstić information content (AvgIpc) is 3.22. The second kappa shape index (κ2) is 11.6. The monoisotopic (exact) mass is 572 g/mol. The molecule has 4 heteroatoms. The third-order valence-corrected chi connectivity index (χ3v) is 10.3. The van der Waals surface area contributed by atoms with Gasteiger partial charge < -0.3 is 0 Å². The molecule has 0 spiro atoms. The number of hydrogen-bond acceptors (Lipinski definition) is 2. The van der Waals surface area contributed by atoms with E-state index in [1.54, 1.807) is 0 Å². The zero-order valence-corrected chi connectivity index (χ0v) is 24.6. The first-order chi connectivity index (χ1) is 16.1. The molecule has 1 heterocycles. The Bertz CT molecular complexity index is 978. The molecule has 34 heavy (non-hydrogen) atoms. The minimum atomic E-state index is -1.51. The number of nitrogens with zero attached hydrogens (tertiary/aromatic N) is 2. The molecule has 0 saturated carbocycles. The van der Waals surface area contributed by atoms with Crippen molar-refractivity contribution in [1.29, 1.82) is 0 Å². The molecular weight excluding hydrogens is 530 g/mol. The van der Waals surface area contributed by atoms with E-state index in [-0.39, 0.29) is 0 Å². The summed E-state index contributed by atoms with van der Waals surface area (Å²) in [5.74, 6) is 1.88. The van der Waals surface area contributed by atoms with Gasteiger partial charge in [0, 0.05) is 0 Å². The van der Waals surface area contributed by atoms with E-state index in [1.807, 2.05) is 6.08 Å². The fraction of sp³-hybridized carbons (Fsp3) is 0.500. The molecule has 0 bridgehead atoms. The standard InChI is InChI=1S/C27H38N2.C3H5.ClH.Pd/c1-18(2)22-11-9-13-24(26(22)20(5)6)28-15-16-29(17-28)25-14-10-12-23(19(3)4)27(25)21(7)8;1-3-2;;/h9-14,18-21H,15-16H2,1-8H3;3H,1-2H2;1H;/q;;;+1/p-1. The number of hydrogen-bond donors (Lipinski definition) is 0. The zero-order valence-electron chi connectivity index (χ0n) is 22.3. The van der Waals surface area contributed by atoms with Gasteiger partial charge in [-0.05, 0) is 0 Å². The van der Waals surface area contributed by atoms with Gasteiger partial charge in [0.25, 0.3) is 0 Å². The van der Waals surface area contributed by atoms with Crippen LogP contribution in [0.25, 0.3) is 0 Å². The first-order valence-corrected chi connectivity index (χ1v) is 16.5. The van der Waals surface area contributed by atoms with E-state index in [4.69, 9.17) is 9.53 Å².